The molecule has 0 saturated heterocycles. The van der Waals surface area contributed by atoms with Crippen LogP contribution in [0.3, 0.4) is 0 Å². The number of hydrogen-bond donors (Lipinski definition) is 1. The third kappa shape index (κ3) is 4.12. The highest BCUT2D eigenvalue weighted by Gasteiger charge is 2.26. The number of amides is 1. The molecule has 37 heavy (non-hydrogen) atoms. The van der Waals surface area contributed by atoms with Crippen LogP contribution in [-0.4, -0.2) is 32.8 Å². The lowest BCUT2D eigenvalue weighted by atomic mass is 10.1. The predicted octanol–water partition coefficient (Wildman–Crippen LogP) is 4.97. The van der Waals surface area contributed by atoms with E-state index in [1.807, 2.05) is 31.3 Å². The number of nitrogens with zero attached hydrogens (tertiary/aromatic N) is 5. The van der Waals surface area contributed by atoms with Crippen LogP contribution in [0.1, 0.15) is 40.4 Å². The topological polar surface area (TPSA) is 99.2 Å². The lowest BCUT2D eigenvalue weighted by Crippen LogP contribution is -2.31. The standard InChI is InChI=1S/C28H25FN6O2/c1-34-26-20-8-3-16(11-23(20)33-27(30)21(26)14-32-34)15-35(24-10-7-19(29)12-25(24)37-2)28(36)18-6-9-22(31-13-18)17-4-5-17/h3,6-14,17H,4-5,15H2,1-2H3,(H2,30,33). The summed E-state index contributed by atoms with van der Waals surface area (Å²) in [6.07, 6.45) is 5.57. The van der Waals surface area contributed by atoms with Gasteiger partial charge in [-0.2, -0.15) is 5.10 Å². The molecule has 6 rings (SSSR count). The van der Waals surface area contributed by atoms with Crippen LogP contribution in [-0.2, 0) is 13.6 Å². The van der Waals surface area contributed by atoms with Gasteiger partial charge in [0.1, 0.15) is 17.4 Å². The molecule has 9 heteroatoms. The number of nitrogen functional groups attached to an aromatic ring is 1. The first-order valence-corrected chi connectivity index (χ1v) is 12.0. The van der Waals surface area contributed by atoms with Gasteiger partial charge in [0.15, 0.2) is 0 Å². The molecule has 0 atom stereocenters. The SMILES string of the molecule is COc1cc(F)ccc1N(Cc1ccc2c(c1)nc(N)c1cnn(C)c12)C(=O)c1ccc(C2CC2)nc1. The summed E-state index contributed by atoms with van der Waals surface area (Å²) in [4.78, 5) is 24.4. The minimum Gasteiger partial charge on any atom is -0.494 e. The van der Waals surface area contributed by atoms with Gasteiger partial charge in [0, 0.05) is 36.3 Å². The van der Waals surface area contributed by atoms with Crippen molar-refractivity contribution in [1.29, 1.82) is 0 Å². The van der Waals surface area contributed by atoms with Gasteiger partial charge in [-0.25, -0.2) is 9.37 Å². The average Bonchev–Trinajstić information content (AvgIpc) is 3.69. The molecule has 2 aromatic carbocycles. The molecule has 1 aliphatic rings. The number of fused-ring (bicyclic) bond motifs is 3. The molecule has 0 bridgehead atoms. The first-order valence-electron chi connectivity index (χ1n) is 12.0. The molecular weight excluding hydrogens is 471 g/mol. The number of aryl methyl sites for hydroxylation is 1. The van der Waals surface area contributed by atoms with E-state index in [1.165, 1.54) is 19.2 Å². The maximum atomic E-state index is 14.0. The summed E-state index contributed by atoms with van der Waals surface area (Å²) in [5.41, 5.74) is 10.5. The molecule has 1 amide bonds. The minimum atomic E-state index is -0.450. The van der Waals surface area contributed by atoms with E-state index in [0.717, 1.165) is 40.4 Å². The summed E-state index contributed by atoms with van der Waals surface area (Å²) in [6, 6.07) is 13.6. The van der Waals surface area contributed by atoms with Gasteiger partial charge in [-0.05, 0) is 48.7 Å². The summed E-state index contributed by atoms with van der Waals surface area (Å²) in [7, 11) is 3.31. The van der Waals surface area contributed by atoms with Gasteiger partial charge < -0.3 is 15.4 Å². The molecular formula is C28H25FN6O2. The first kappa shape index (κ1) is 22.9. The number of anilines is 2. The number of rotatable bonds is 6. The number of carbonyl (C=O) groups excluding carboxylic acids is 1. The Morgan fingerprint density at radius 3 is 2.70 bits per heavy atom. The summed E-state index contributed by atoms with van der Waals surface area (Å²) in [6.45, 7) is 0.201. The highest BCUT2D eigenvalue weighted by Crippen LogP contribution is 2.39. The van der Waals surface area contributed by atoms with E-state index in [9.17, 15) is 9.18 Å². The number of nitrogens with two attached hydrogens (primary N) is 1. The third-order valence-electron chi connectivity index (χ3n) is 6.82. The van der Waals surface area contributed by atoms with Crippen molar-refractivity contribution in [2.75, 3.05) is 17.7 Å². The summed E-state index contributed by atoms with van der Waals surface area (Å²) in [5, 5.41) is 6.01. The van der Waals surface area contributed by atoms with Crippen LogP contribution in [0.15, 0.2) is 60.9 Å². The lowest BCUT2D eigenvalue weighted by Gasteiger charge is -2.25. The molecule has 2 N–H and O–H groups in total. The number of halogens is 1. The van der Waals surface area contributed by atoms with Crippen molar-refractivity contribution in [3.63, 3.8) is 0 Å². The van der Waals surface area contributed by atoms with Crippen molar-refractivity contribution < 1.29 is 13.9 Å². The second-order valence-electron chi connectivity index (χ2n) is 9.33. The largest absolute Gasteiger partial charge is 0.494 e. The Bertz CT molecular complexity index is 1660. The molecule has 1 saturated carbocycles. The van der Waals surface area contributed by atoms with Gasteiger partial charge in [-0.1, -0.05) is 12.1 Å². The Balaban J connectivity index is 1.42. The zero-order chi connectivity index (χ0) is 25.7. The Kier molecular flexibility index (Phi) is 5.48. The van der Waals surface area contributed by atoms with Crippen molar-refractivity contribution in [1.82, 2.24) is 19.7 Å². The Hall–Kier alpha value is -4.53. The Labute approximate surface area is 212 Å². The predicted molar refractivity (Wildman–Crippen MR) is 140 cm³/mol. The van der Waals surface area contributed by atoms with E-state index < -0.39 is 5.82 Å². The van der Waals surface area contributed by atoms with Crippen LogP contribution >= 0.6 is 0 Å². The van der Waals surface area contributed by atoms with Crippen molar-refractivity contribution in [2.45, 2.75) is 25.3 Å². The number of pyridine rings is 2. The number of ether oxygens (including phenoxy) is 1. The minimum absolute atomic E-state index is 0.201. The average molecular weight is 497 g/mol. The number of hydrogen-bond acceptors (Lipinski definition) is 6. The fourth-order valence-electron chi connectivity index (χ4n) is 4.73. The fourth-order valence-corrected chi connectivity index (χ4v) is 4.73. The fraction of sp³-hybridized carbons (Fsp3) is 0.214. The van der Waals surface area contributed by atoms with Gasteiger partial charge in [0.25, 0.3) is 5.91 Å². The summed E-state index contributed by atoms with van der Waals surface area (Å²) < 4.78 is 21.2. The Morgan fingerprint density at radius 2 is 1.97 bits per heavy atom. The van der Waals surface area contributed by atoms with Gasteiger partial charge >= 0.3 is 0 Å². The maximum absolute atomic E-state index is 14.0. The maximum Gasteiger partial charge on any atom is 0.260 e. The van der Waals surface area contributed by atoms with Crippen LogP contribution in [0.4, 0.5) is 15.9 Å². The molecule has 186 valence electrons. The normalized spacial score (nSPS) is 13.3. The number of methoxy groups -OCH3 is 1. The highest BCUT2D eigenvalue weighted by molar-refractivity contribution is 6.08. The Morgan fingerprint density at radius 1 is 1.14 bits per heavy atom. The van der Waals surface area contributed by atoms with Crippen LogP contribution in [0, 0.1) is 5.82 Å². The van der Waals surface area contributed by atoms with Crippen molar-refractivity contribution in [2.24, 2.45) is 7.05 Å². The highest BCUT2D eigenvalue weighted by atomic mass is 19.1. The molecule has 3 aromatic heterocycles. The second kappa shape index (κ2) is 8.85. The summed E-state index contributed by atoms with van der Waals surface area (Å²) in [5.74, 6) is 0.419. The molecule has 8 nitrogen and oxygen atoms in total. The first-order chi connectivity index (χ1) is 17.9. The van der Waals surface area contributed by atoms with Crippen molar-refractivity contribution >= 4 is 39.2 Å². The number of benzene rings is 2. The smallest absolute Gasteiger partial charge is 0.260 e. The molecule has 0 spiro atoms. The zero-order valence-corrected chi connectivity index (χ0v) is 20.5. The van der Waals surface area contributed by atoms with Crippen molar-refractivity contribution in [3.05, 3.63) is 83.6 Å². The van der Waals surface area contributed by atoms with E-state index in [-0.39, 0.29) is 18.2 Å². The van der Waals surface area contributed by atoms with E-state index in [0.29, 0.717) is 28.5 Å². The second-order valence-corrected chi connectivity index (χ2v) is 9.33. The third-order valence-corrected chi connectivity index (χ3v) is 6.82. The van der Waals surface area contributed by atoms with Crippen LogP contribution in [0.25, 0.3) is 21.8 Å². The van der Waals surface area contributed by atoms with E-state index in [4.69, 9.17) is 10.5 Å². The quantitative estimate of drug-likeness (QED) is 0.356. The molecule has 0 radical (unpaired) electrons. The summed E-state index contributed by atoms with van der Waals surface area (Å²) >= 11 is 0. The van der Waals surface area contributed by atoms with Gasteiger partial charge in [0.05, 0.1) is 47.5 Å². The monoisotopic (exact) mass is 496 g/mol. The number of carbonyl (C=O) groups is 1. The van der Waals surface area contributed by atoms with E-state index in [2.05, 4.69) is 15.1 Å². The van der Waals surface area contributed by atoms with Crippen molar-refractivity contribution in [3.8, 4) is 5.75 Å². The van der Waals surface area contributed by atoms with E-state index in [1.54, 1.807) is 34.1 Å². The molecule has 0 unspecified atom stereocenters. The van der Waals surface area contributed by atoms with E-state index >= 15 is 0 Å². The van der Waals surface area contributed by atoms with Gasteiger partial charge in [0.2, 0.25) is 0 Å². The molecule has 1 fully saturated rings. The molecule has 1 aliphatic carbocycles. The van der Waals surface area contributed by atoms with Crippen LogP contribution < -0.4 is 15.4 Å². The van der Waals surface area contributed by atoms with Crippen LogP contribution in [0.5, 0.6) is 5.75 Å². The van der Waals surface area contributed by atoms with Gasteiger partial charge in [-0.15, -0.1) is 0 Å². The zero-order valence-electron chi connectivity index (χ0n) is 20.5. The molecule has 5 aromatic rings. The molecule has 3 heterocycles. The lowest BCUT2D eigenvalue weighted by molar-refractivity contribution is 0.0984. The molecule has 0 aliphatic heterocycles. The van der Waals surface area contributed by atoms with Gasteiger partial charge in [-0.3, -0.25) is 14.5 Å². The van der Waals surface area contributed by atoms with Crippen LogP contribution in [0.2, 0.25) is 0 Å². The number of aromatic nitrogens is 4.